The predicted molar refractivity (Wildman–Crippen MR) is 75.1 cm³/mol. The fourth-order valence-corrected chi connectivity index (χ4v) is 1.59. The van der Waals surface area contributed by atoms with Gasteiger partial charge < -0.3 is 14.8 Å². The van der Waals surface area contributed by atoms with Gasteiger partial charge in [-0.1, -0.05) is 25.1 Å². The molecule has 1 aromatic rings. The highest BCUT2D eigenvalue weighted by Gasteiger charge is 2.10. The van der Waals surface area contributed by atoms with Gasteiger partial charge in [-0.25, -0.2) is 0 Å². The van der Waals surface area contributed by atoms with E-state index in [0.29, 0.717) is 19.3 Å². The minimum absolute atomic E-state index is 0.205. The molecule has 0 amide bonds. The predicted octanol–water partition coefficient (Wildman–Crippen LogP) is 2.86. The molecule has 2 atom stereocenters. The lowest BCUT2D eigenvalue weighted by atomic mass is 10.2. The van der Waals surface area contributed by atoms with Crippen LogP contribution in [0.5, 0.6) is 5.75 Å². The fourth-order valence-electron chi connectivity index (χ4n) is 1.59. The minimum atomic E-state index is 0.205. The van der Waals surface area contributed by atoms with Crippen molar-refractivity contribution in [1.82, 2.24) is 5.32 Å². The van der Waals surface area contributed by atoms with Gasteiger partial charge in [-0.15, -0.1) is 0 Å². The van der Waals surface area contributed by atoms with Crippen LogP contribution >= 0.6 is 0 Å². The Bertz CT molecular complexity index is 303. The molecule has 0 aromatic heterocycles. The van der Waals surface area contributed by atoms with Crippen molar-refractivity contribution in [2.45, 2.75) is 39.3 Å². The molecule has 0 bridgehead atoms. The molecule has 18 heavy (non-hydrogen) atoms. The maximum absolute atomic E-state index is 5.74. The Kier molecular flexibility index (Phi) is 7.46. The van der Waals surface area contributed by atoms with E-state index >= 15 is 0 Å². The summed E-state index contributed by atoms with van der Waals surface area (Å²) in [6.07, 6.45) is 1.35. The normalized spacial score (nSPS) is 14.2. The van der Waals surface area contributed by atoms with Crippen LogP contribution in [0.4, 0.5) is 0 Å². The average molecular weight is 251 g/mol. The Balaban J connectivity index is 2.10. The van der Waals surface area contributed by atoms with Crippen molar-refractivity contribution in [1.29, 1.82) is 0 Å². The van der Waals surface area contributed by atoms with Gasteiger partial charge in [0.05, 0.1) is 12.7 Å². The lowest BCUT2D eigenvalue weighted by Crippen LogP contribution is -2.38. The molecule has 3 heteroatoms. The molecule has 0 spiro atoms. The van der Waals surface area contributed by atoms with E-state index in [0.717, 1.165) is 18.7 Å². The van der Waals surface area contributed by atoms with Crippen LogP contribution in [0, 0.1) is 0 Å². The molecule has 0 fully saturated rings. The monoisotopic (exact) mass is 251 g/mol. The third kappa shape index (κ3) is 6.03. The zero-order chi connectivity index (χ0) is 13.2. The molecule has 102 valence electrons. The van der Waals surface area contributed by atoms with Crippen LogP contribution in [0.25, 0.3) is 0 Å². The van der Waals surface area contributed by atoms with E-state index in [-0.39, 0.29) is 6.10 Å². The van der Waals surface area contributed by atoms with Gasteiger partial charge >= 0.3 is 0 Å². The molecule has 0 aliphatic carbocycles. The zero-order valence-electron chi connectivity index (χ0n) is 11.7. The van der Waals surface area contributed by atoms with Crippen LogP contribution in [0.1, 0.15) is 27.2 Å². The second kappa shape index (κ2) is 8.95. The molecule has 0 heterocycles. The molecule has 0 aliphatic heterocycles. The number of ether oxygens (including phenoxy) is 2. The average Bonchev–Trinajstić information content (AvgIpc) is 2.41. The third-order valence-corrected chi connectivity index (χ3v) is 2.90. The quantitative estimate of drug-likeness (QED) is 0.685. The Morgan fingerprint density at radius 2 is 1.83 bits per heavy atom. The number of nitrogens with one attached hydrogen (secondary N) is 1. The first-order valence-electron chi connectivity index (χ1n) is 6.77. The summed E-state index contributed by atoms with van der Waals surface area (Å²) in [6.45, 7) is 8.66. The minimum Gasteiger partial charge on any atom is -0.491 e. The van der Waals surface area contributed by atoms with Crippen molar-refractivity contribution in [2.75, 3.05) is 19.8 Å². The van der Waals surface area contributed by atoms with Crippen molar-refractivity contribution in [3.63, 3.8) is 0 Å². The van der Waals surface area contributed by atoms with E-state index in [9.17, 15) is 0 Å². The van der Waals surface area contributed by atoms with Crippen molar-refractivity contribution < 1.29 is 9.47 Å². The van der Waals surface area contributed by atoms with Crippen LogP contribution in [-0.2, 0) is 4.74 Å². The van der Waals surface area contributed by atoms with Gasteiger partial charge in [0, 0.05) is 6.04 Å². The highest BCUT2D eigenvalue weighted by molar-refractivity contribution is 5.20. The van der Waals surface area contributed by atoms with Crippen molar-refractivity contribution in [3.05, 3.63) is 30.3 Å². The van der Waals surface area contributed by atoms with E-state index in [1.165, 1.54) is 0 Å². The largest absolute Gasteiger partial charge is 0.491 e. The number of rotatable bonds is 9. The van der Waals surface area contributed by atoms with Crippen molar-refractivity contribution in [2.24, 2.45) is 0 Å². The van der Waals surface area contributed by atoms with E-state index in [1.54, 1.807) is 0 Å². The lowest BCUT2D eigenvalue weighted by Gasteiger charge is -2.21. The van der Waals surface area contributed by atoms with Crippen LogP contribution in [0.2, 0.25) is 0 Å². The summed E-state index contributed by atoms with van der Waals surface area (Å²) in [7, 11) is 0. The maximum Gasteiger partial charge on any atom is 0.119 e. The highest BCUT2D eigenvalue weighted by atomic mass is 16.5. The Hall–Kier alpha value is -1.06. The topological polar surface area (TPSA) is 30.5 Å². The van der Waals surface area contributed by atoms with Crippen LogP contribution < -0.4 is 10.1 Å². The van der Waals surface area contributed by atoms with Gasteiger partial charge in [-0.2, -0.15) is 0 Å². The fraction of sp³-hybridized carbons (Fsp3) is 0.600. The van der Waals surface area contributed by atoms with Gasteiger partial charge in [-0.05, 0) is 38.9 Å². The van der Waals surface area contributed by atoms with Gasteiger partial charge in [0.25, 0.3) is 0 Å². The summed E-state index contributed by atoms with van der Waals surface area (Å²) in [5.74, 6) is 0.894. The second-order valence-corrected chi connectivity index (χ2v) is 4.48. The SMILES string of the molecule is CCCNC(C)C(C)OCCOc1ccccc1. The first kappa shape index (κ1) is 15.0. The molecular weight excluding hydrogens is 226 g/mol. The number of hydrogen-bond acceptors (Lipinski definition) is 3. The van der Waals surface area contributed by atoms with Crippen molar-refractivity contribution >= 4 is 0 Å². The van der Waals surface area contributed by atoms with Crippen LogP contribution in [-0.4, -0.2) is 31.9 Å². The first-order valence-corrected chi connectivity index (χ1v) is 6.77. The smallest absolute Gasteiger partial charge is 0.119 e. The molecule has 0 saturated heterocycles. The summed E-state index contributed by atoms with van der Waals surface area (Å²) in [5, 5.41) is 3.42. The van der Waals surface area contributed by atoms with Gasteiger partial charge in [0.1, 0.15) is 12.4 Å². The number of hydrogen-bond donors (Lipinski definition) is 1. The Morgan fingerprint density at radius 3 is 2.50 bits per heavy atom. The summed E-state index contributed by atoms with van der Waals surface area (Å²) < 4.78 is 11.3. The molecule has 0 radical (unpaired) electrons. The molecule has 1 N–H and O–H groups in total. The lowest BCUT2D eigenvalue weighted by molar-refractivity contribution is 0.0259. The highest BCUT2D eigenvalue weighted by Crippen LogP contribution is 2.08. The zero-order valence-corrected chi connectivity index (χ0v) is 11.7. The van der Waals surface area contributed by atoms with E-state index in [2.05, 4.69) is 26.1 Å². The molecule has 1 rings (SSSR count). The molecule has 0 aliphatic rings. The summed E-state index contributed by atoms with van der Waals surface area (Å²) in [6, 6.07) is 10.2. The van der Waals surface area contributed by atoms with Gasteiger partial charge in [-0.3, -0.25) is 0 Å². The van der Waals surface area contributed by atoms with E-state index in [1.807, 2.05) is 30.3 Å². The molecule has 0 saturated carbocycles. The standard InChI is InChI=1S/C15H25NO2/c1-4-10-16-13(2)14(3)17-11-12-18-15-8-6-5-7-9-15/h5-9,13-14,16H,4,10-12H2,1-3H3. The molecule has 3 nitrogen and oxygen atoms in total. The molecular formula is C15H25NO2. The van der Waals surface area contributed by atoms with Gasteiger partial charge in [0.15, 0.2) is 0 Å². The first-order chi connectivity index (χ1) is 8.74. The molecule has 2 unspecified atom stereocenters. The molecule has 1 aromatic carbocycles. The summed E-state index contributed by atoms with van der Waals surface area (Å²) in [4.78, 5) is 0. The number of para-hydroxylation sites is 1. The van der Waals surface area contributed by atoms with E-state index in [4.69, 9.17) is 9.47 Å². The Labute approximate surface area is 110 Å². The van der Waals surface area contributed by atoms with E-state index < -0.39 is 0 Å². The van der Waals surface area contributed by atoms with Crippen molar-refractivity contribution in [3.8, 4) is 5.75 Å². The van der Waals surface area contributed by atoms with Crippen LogP contribution in [0.15, 0.2) is 30.3 Å². The summed E-state index contributed by atoms with van der Waals surface area (Å²) in [5.41, 5.74) is 0. The number of benzene rings is 1. The Morgan fingerprint density at radius 1 is 1.11 bits per heavy atom. The third-order valence-electron chi connectivity index (χ3n) is 2.90. The summed E-state index contributed by atoms with van der Waals surface area (Å²) >= 11 is 0. The maximum atomic E-state index is 5.74. The van der Waals surface area contributed by atoms with Crippen LogP contribution in [0.3, 0.4) is 0 Å². The second-order valence-electron chi connectivity index (χ2n) is 4.48. The van der Waals surface area contributed by atoms with Gasteiger partial charge in [0.2, 0.25) is 0 Å².